The molecule has 3 rings (SSSR count). The van der Waals surface area contributed by atoms with Crippen LogP contribution >= 0.6 is 7.37 Å². The molecule has 0 bridgehead atoms. The van der Waals surface area contributed by atoms with Crippen LogP contribution in [0.3, 0.4) is 0 Å². The highest BCUT2D eigenvalue weighted by molar-refractivity contribution is 7.67. The normalized spacial score (nSPS) is 13.9. The highest BCUT2D eigenvalue weighted by Gasteiger charge is 2.37. The van der Waals surface area contributed by atoms with Crippen molar-refractivity contribution in [2.75, 3.05) is 38.5 Å². The molecule has 3 aromatic rings. The summed E-state index contributed by atoms with van der Waals surface area (Å²) in [4.78, 5) is 2.00. The van der Waals surface area contributed by atoms with Gasteiger partial charge in [-0.1, -0.05) is 30.3 Å². The molecule has 152 valence electrons. The maximum atomic E-state index is 14.2. The highest BCUT2D eigenvalue weighted by atomic mass is 31.2. The quantitative estimate of drug-likeness (QED) is 0.522. The molecule has 0 fully saturated rings. The molecule has 0 aliphatic rings. The smallest absolute Gasteiger partial charge is 0.257 e. The first kappa shape index (κ1) is 21.0. The molecule has 0 heterocycles. The third kappa shape index (κ3) is 4.64. The molecular formula is C23H27N2O3P. The molecule has 0 saturated carbocycles. The van der Waals surface area contributed by atoms with Crippen LogP contribution in [0.25, 0.3) is 0 Å². The number of hydrogen-bond acceptors (Lipinski definition) is 5. The predicted octanol–water partition coefficient (Wildman–Crippen LogP) is 5.12. The number of benzene rings is 3. The van der Waals surface area contributed by atoms with Crippen molar-refractivity contribution in [1.82, 2.24) is 0 Å². The van der Waals surface area contributed by atoms with Crippen molar-refractivity contribution >= 4 is 24.0 Å². The molecule has 6 heteroatoms. The van der Waals surface area contributed by atoms with Gasteiger partial charge in [-0.2, -0.15) is 0 Å². The lowest BCUT2D eigenvalue weighted by atomic mass is 10.2. The van der Waals surface area contributed by atoms with E-state index in [0.717, 1.165) is 22.7 Å². The van der Waals surface area contributed by atoms with Gasteiger partial charge in [0.25, 0.3) is 7.37 Å². The van der Waals surface area contributed by atoms with Gasteiger partial charge in [0.2, 0.25) is 0 Å². The van der Waals surface area contributed by atoms with Crippen LogP contribution in [0.4, 0.5) is 11.4 Å². The van der Waals surface area contributed by atoms with E-state index in [4.69, 9.17) is 9.26 Å². The number of nitrogens with zero attached hydrogens (tertiary/aromatic N) is 1. The average molecular weight is 410 g/mol. The summed E-state index contributed by atoms with van der Waals surface area (Å²) >= 11 is 0. The molecule has 3 aromatic carbocycles. The molecule has 0 amide bonds. The maximum absolute atomic E-state index is 14.2. The molecule has 0 aromatic heterocycles. The number of ether oxygens (including phenoxy) is 1. The second kappa shape index (κ2) is 9.17. The van der Waals surface area contributed by atoms with Crippen LogP contribution in [0.2, 0.25) is 0 Å². The molecule has 5 nitrogen and oxygen atoms in total. The molecule has 0 saturated heterocycles. The second-order valence-electron chi connectivity index (χ2n) is 6.88. The van der Waals surface area contributed by atoms with Gasteiger partial charge in [-0.15, -0.1) is 0 Å². The SMILES string of the molecule is COc1ccc([C@H](Nc2ccccc2)[P@](=O)(OC)c2ccc(N(C)C)cc2)cc1. The van der Waals surface area contributed by atoms with Gasteiger partial charge in [-0.3, -0.25) is 4.57 Å². The number of methoxy groups -OCH3 is 1. The summed E-state index contributed by atoms with van der Waals surface area (Å²) in [5.41, 5.74) is 2.76. The van der Waals surface area contributed by atoms with Gasteiger partial charge in [0, 0.05) is 37.9 Å². The Balaban J connectivity index is 2.06. The first-order valence-electron chi connectivity index (χ1n) is 9.37. The van der Waals surface area contributed by atoms with Gasteiger partial charge in [0.15, 0.2) is 0 Å². The Kier molecular flexibility index (Phi) is 6.63. The van der Waals surface area contributed by atoms with Crippen LogP contribution in [-0.2, 0) is 9.09 Å². The summed E-state index contributed by atoms with van der Waals surface area (Å²) in [5, 5.41) is 4.08. The minimum Gasteiger partial charge on any atom is -0.497 e. The van der Waals surface area contributed by atoms with Crippen molar-refractivity contribution in [3.05, 3.63) is 84.4 Å². The molecule has 29 heavy (non-hydrogen) atoms. The van der Waals surface area contributed by atoms with Crippen LogP contribution in [0.1, 0.15) is 11.3 Å². The number of anilines is 2. The van der Waals surface area contributed by atoms with Gasteiger partial charge < -0.3 is 19.5 Å². The molecule has 0 radical (unpaired) electrons. The average Bonchev–Trinajstić information content (AvgIpc) is 2.78. The monoisotopic (exact) mass is 410 g/mol. The van der Waals surface area contributed by atoms with Crippen molar-refractivity contribution in [2.24, 2.45) is 0 Å². The van der Waals surface area contributed by atoms with Crippen LogP contribution in [0.5, 0.6) is 5.75 Å². The van der Waals surface area contributed by atoms with Crippen molar-refractivity contribution in [1.29, 1.82) is 0 Å². The number of para-hydroxylation sites is 1. The Hall–Kier alpha value is -2.75. The Morgan fingerprint density at radius 3 is 2.00 bits per heavy atom. The van der Waals surface area contributed by atoms with Crippen LogP contribution in [0.15, 0.2) is 78.9 Å². The summed E-state index contributed by atoms with van der Waals surface area (Å²) in [7, 11) is 3.78. The van der Waals surface area contributed by atoms with E-state index in [9.17, 15) is 4.57 Å². The fourth-order valence-corrected chi connectivity index (χ4v) is 5.33. The van der Waals surface area contributed by atoms with Crippen molar-refractivity contribution in [3.63, 3.8) is 0 Å². The van der Waals surface area contributed by atoms with E-state index in [1.807, 2.05) is 97.9 Å². The van der Waals surface area contributed by atoms with E-state index in [1.54, 1.807) is 7.11 Å². The van der Waals surface area contributed by atoms with Crippen LogP contribution in [0, 0.1) is 0 Å². The highest BCUT2D eigenvalue weighted by Crippen LogP contribution is 2.58. The first-order valence-corrected chi connectivity index (χ1v) is 11.1. The first-order chi connectivity index (χ1) is 14.0. The third-order valence-corrected chi connectivity index (χ3v) is 7.51. The van der Waals surface area contributed by atoms with Crippen molar-refractivity contribution < 1.29 is 13.8 Å². The van der Waals surface area contributed by atoms with Gasteiger partial charge in [0.1, 0.15) is 11.5 Å². The van der Waals surface area contributed by atoms with Crippen LogP contribution in [-0.4, -0.2) is 28.3 Å². The van der Waals surface area contributed by atoms with E-state index in [-0.39, 0.29) is 0 Å². The Morgan fingerprint density at radius 2 is 1.48 bits per heavy atom. The topological polar surface area (TPSA) is 50.8 Å². The van der Waals surface area contributed by atoms with Gasteiger partial charge in [-0.05, 0) is 54.1 Å². The van der Waals surface area contributed by atoms with E-state index in [0.29, 0.717) is 5.30 Å². The standard InChI is InChI=1S/C23H27N2O3P/c1-25(2)20-12-16-22(17-13-20)29(26,28-4)23(24-19-8-6-5-7-9-19)18-10-14-21(27-3)15-11-18/h5-17,23-24H,1-4H3/t23-,29-/m1/s1. The largest absolute Gasteiger partial charge is 0.497 e. The summed E-state index contributed by atoms with van der Waals surface area (Å²) in [6.45, 7) is 0. The van der Waals surface area contributed by atoms with Gasteiger partial charge in [-0.25, -0.2) is 0 Å². The molecule has 0 spiro atoms. The summed E-state index contributed by atoms with van der Waals surface area (Å²) in [6.07, 6.45) is 0. The zero-order valence-electron chi connectivity index (χ0n) is 17.2. The summed E-state index contributed by atoms with van der Waals surface area (Å²) < 4.78 is 25.2. The zero-order valence-corrected chi connectivity index (χ0v) is 18.1. The zero-order chi connectivity index (χ0) is 20.9. The third-order valence-electron chi connectivity index (χ3n) is 4.85. The predicted molar refractivity (Wildman–Crippen MR) is 121 cm³/mol. The molecular weight excluding hydrogens is 383 g/mol. The number of rotatable bonds is 8. The molecule has 0 unspecified atom stereocenters. The summed E-state index contributed by atoms with van der Waals surface area (Å²) in [5.74, 6) is 0.195. The minimum atomic E-state index is -3.29. The second-order valence-corrected chi connectivity index (χ2v) is 9.47. The van der Waals surface area contributed by atoms with Gasteiger partial charge >= 0.3 is 0 Å². The Morgan fingerprint density at radius 1 is 0.862 bits per heavy atom. The van der Waals surface area contributed by atoms with Crippen molar-refractivity contribution in [2.45, 2.75) is 5.78 Å². The number of hydrogen-bond donors (Lipinski definition) is 1. The van der Waals surface area contributed by atoms with E-state index in [1.165, 1.54) is 7.11 Å². The molecule has 2 atom stereocenters. The maximum Gasteiger partial charge on any atom is 0.257 e. The molecule has 1 N–H and O–H groups in total. The number of nitrogens with one attached hydrogen (secondary N) is 1. The fourth-order valence-electron chi connectivity index (χ4n) is 3.16. The molecule has 0 aliphatic heterocycles. The lowest BCUT2D eigenvalue weighted by Gasteiger charge is -2.29. The van der Waals surface area contributed by atoms with E-state index >= 15 is 0 Å². The fraction of sp³-hybridized carbons (Fsp3) is 0.217. The Labute approximate surface area is 172 Å². The lowest BCUT2D eigenvalue weighted by Crippen LogP contribution is -2.20. The minimum absolute atomic E-state index is 0.550. The molecule has 0 aliphatic carbocycles. The summed E-state index contributed by atoms with van der Waals surface area (Å²) in [6, 6.07) is 25.0. The van der Waals surface area contributed by atoms with E-state index in [2.05, 4.69) is 5.32 Å². The van der Waals surface area contributed by atoms with Crippen molar-refractivity contribution in [3.8, 4) is 5.75 Å². The van der Waals surface area contributed by atoms with E-state index < -0.39 is 13.2 Å². The van der Waals surface area contributed by atoms with Crippen LogP contribution < -0.4 is 20.3 Å². The Bertz CT molecular complexity index is 958. The lowest BCUT2D eigenvalue weighted by molar-refractivity contribution is 0.396. The van der Waals surface area contributed by atoms with Gasteiger partial charge in [0.05, 0.1) is 7.11 Å².